The van der Waals surface area contributed by atoms with E-state index in [2.05, 4.69) is 13.0 Å². The van der Waals surface area contributed by atoms with E-state index in [1.165, 1.54) is 0 Å². The summed E-state index contributed by atoms with van der Waals surface area (Å²) >= 11 is 0. The van der Waals surface area contributed by atoms with Gasteiger partial charge in [-0.05, 0) is 41.3 Å². The van der Waals surface area contributed by atoms with Crippen LogP contribution < -0.4 is 18.9 Å². The number of ether oxygens (including phenoxy) is 4. The van der Waals surface area contributed by atoms with Gasteiger partial charge in [0.1, 0.15) is 0 Å². The molecule has 0 N–H and O–H groups in total. The molecule has 3 atom stereocenters. The van der Waals surface area contributed by atoms with E-state index in [1.54, 1.807) is 20.3 Å². The second kappa shape index (κ2) is 6.24. The molecule has 0 amide bonds. The van der Waals surface area contributed by atoms with Crippen molar-refractivity contribution in [2.75, 3.05) is 21.0 Å². The molecule has 0 fully saturated rings. The molecule has 1 aliphatic heterocycles. The topological polar surface area (TPSA) is 54.0 Å². The number of Topliss-reactive ketones (excluding diaryl/α,β-unsaturated/α-hetero) is 1. The largest absolute Gasteiger partial charge is 0.493 e. The van der Waals surface area contributed by atoms with Crippen LogP contribution in [0.5, 0.6) is 23.0 Å². The number of rotatable bonds is 3. The number of ketones is 1. The summed E-state index contributed by atoms with van der Waals surface area (Å²) in [5.74, 6) is 2.98. The molecule has 0 unspecified atom stereocenters. The molecule has 1 heterocycles. The van der Waals surface area contributed by atoms with Gasteiger partial charge in [-0.2, -0.15) is 0 Å². The Kier molecular flexibility index (Phi) is 4.02. The maximum absolute atomic E-state index is 12.9. The zero-order valence-corrected chi connectivity index (χ0v) is 15.4. The van der Waals surface area contributed by atoms with Gasteiger partial charge in [0, 0.05) is 17.4 Å². The molecule has 2 aromatic carbocycles. The zero-order chi connectivity index (χ0) is 18.4. The minimum absolute atomic E-state index is 0.0620. The van der Waals surface area contributed by atoms with E-state index in [0.29, 0.717) is 17.1 Å². The number of hydrogen-bond acceptors (Lipinski definition) is 5. The van der Waals surface area contributed by atoms with Crippen LogP contribution in [0.2, 0.25) is 0 Å². The van der Waals surface area contributed by atoms with Crippen LogP contribution >= 0.6 is 0 Å². The van der Waals surface area contributed by atoms with E-state index in [9.17, 15) is 4.79 Å². The molecule has 0 spiro atoms. The maximum atomic E-state index is 12.9. The normalized spacial score (nSPS) is 23.5. The van der Waals surface area contributed by atoms with Gasteiger partial charge in [0.15, 0.2) is 28.8 Å². The van der Waals surface area contributed by atoms with Crippen molar-refractivity contribution in [3.63, 3.8) is 0 Å². The lowest BCUT2D eigenvalue weighted by molar-refractivity contribution is 0.0865. The van der Waals surface area contributed by atoms with Crippen molar-refractivity contribution in [1.29, 1.82) is 0 Å². The Bertz CT molecular complexity index is 873. The molecule has 2 aliphatic rings. The van der Waals surface area contributed by atoms with Crippen LogP contribution in [0.3, 0.4) is 0 Å². The fourth-order valence-electron chi connectivity index (χ4n) is 4.01. The van der Waals surface area contributed by atoms with Crippen LogP contribution in [-0.4, -0.2) is 26.8 Å². The molecule has 0 saturated carbocycles. The Morgan fingerprint density at radius 1 is 0.962 bits per heavy atom. The molecule has 4 rings (SSSR count). The summed E-state index contributed by atoms with van der Waals surface area (Å²) in [6.45, 7) is 4.36. The molecule has 0 aromatic heterocycles. The number of hydrogen-bond donors (Lipinski definition) is 0. The van der Waals surface area contributed by atoms with Crippen LogP contribution in [-0.2, 0) is 0 Å². The summed E-state index contributed by atoms with van der Waals surface area (Å²) in [4.78, 5) is 12.9. The summed E-state index contributed by atoms with van der Waals surface area (Å²) in [6, 6.07) is 9.75. The molecule has 0 radical (unpaired) electrons. The number of methoxy groups -OCH3 is 2. The van der Waals surface area contributed by atoms with Crippen molar-refractivity contribution < 1.29 is 23.7 Å². The first-order valence-electron chi connectivity index (χ1n) is 8.74. The zero-order valence-electron chi connectivity index (χ0n) is 15.4. The molecule has 0 saturated heterocycles. The summed E-state index contributed by atoms with van der Waals surface area (Å²) in [7, 11) is 3.19. The predicted octanol–water partition coefficient (Wildman–Crippen LogP) is 4.03. The van der Waals surface area contributed by atoms with Gasteiger partial charge >= 0.3 is 0 Å². The number of carbonyl (C=O) groups is 1. The minimum atomic E-state index is -0.0870. The molecule has 136 valence electrons. The van der Waals surface area contributed by atoms with E-state index in [0.717, 1.165) is 22.6 Å². The van der Waals surface area contributed by atoms with Crippen LogP contribution in [0, 0.1) is 11.8 Å². The Morgan fingerprint density at radius 2 is 1.65 bits per heavy atom. The Morgan fingerprint density at radius 3 is 2.38 bits per heavy atom. The molecule has 0 bridgehead atoms. The third-order valence-corrected chi connectivity index (χ3v) is 5.64. The van der Waals surface area contributed by atoms with Gasteiger partial charge in [-0.3, -0.25) is 4.79 Å². The molecule has 5 nitrogen and oxygen atoms in total. The van der Waals surface area contributed by atoms with Crippen molar-refractivity contribution in [3.8, 4) is 23.0 Å². The fraction of sp³-hybridized carbons (Fsp3) is 0.381. The van der Waals surface area contributed by atoms with Crippen molar-refractivity contribution in [2.24, 2.45) is 11.8 Å². The van der Waals surface area contributed by atoms with Crippen molar-refractivity contribution in [2.45, 2.75) is 19.8 Å². The van der Waals surface area contributed by atoms with Gasteiger partial charge in [-0.15, -0.1) is 0 Å². The van der Waals surface area contributed by atoms with Gasteiger partial charge in [-0.25, -0.2) is 0 Å². The van der Waals surface area contributed by atoms with Gasteiger partial charge in [0.2, 0.25) is 6.79 Å². The van der Waals surface area contributed by atoms with Gasteiger partial charge < -0.3 is 18.9 Å². The molecular weight excluding hydrogens is 332 g/mol. The average molecular weight is 354 g/mol. The molecule has 2 aromatic rings. The number of carbonyl (C=O) groups excluding carboxylic acids is 1. The van der Waals surface area contributed by atoms with E-state index in [4.69, 9.17) is 18.9 Å². The Hall–Kier alpha value is -2.69. The quantitative estimate of drug-likeness (QED) is 0.833. The molecule has 5 heteroatoms. The van der Waals surface area contributed by atoms with Gasteiger partial charge in [-0.1, -0.05) is 19.9 Å². The van der Waals surface area contributed by atoms with Crippen molar-refractivity contribution in [3.05, 3.63) is 47.0 Å². The summed E-state index contributed by atoms with van der Waals surface area (Å²) in [5, 5.41) is 0. The second-order valence-electron chi connectivity index (χ2n) is 6.90. The lowest BCUT2D eigenvalue weighted by Gasteiger charge is -2.36. The fourth-order valence-corrected chi connectivity index (χ4v) is 4.01. The summed E-state index contributed by atoms with van der Waals surface area (Å²) in [5.41, 5.74) is 2.78. The monoisotopic (exact) mass is 354 g/mol. The Labute approximate surface area is 152 Å². The van der Waals surface area contributed by atoms with E-state index >= 15 is 0 Å². The van der Waals surface area contributed by atoms with Crippen LogP contribution in [0.1, 0.15) is 41.3 Å². The highest BCUT2D eigenvalue weighted by Crippen LogP contribution is 2.48. The third-order valence-electron chi connectivity index (χ3n) is 5.64. The van der Waals surface area contributed by atoms with E-state index in [1.807, 2.05) is 25.1 Å². The van der Waals surface area contributed by atoms with E-state index < -0.39 is 0 Å². The lowest BCUT2D eigenvalue weighted by atomic mass is 9.67. The SMILES string of the molecule is COc1cc2c(cc1OC)[C@@H](c1ccc3c(c1)OCO3)[C@H](C)[C@H](C)C2=O. The molecule has 1 aliphatic carbocycles. The van der Waals surface area contributed by atoms with E-state index in [-0.39, 0.29) is 30.3 Å². The number of benzene rings is 2. The lowest BCUT2D eigenvalue weighted by Crippen LogP contribution is -2.32. The molecule has 26 heavy (non-hydrogen) atoms. The first-order chi connectivity index (χ1) is 12.5. The first-order valence-corrected chi connectivity index (χ1v) is 8.74. The molecular formula is C21H22O5. The number of fused-ring (bicyclic) bond motifs is 2. The standard InChI is InChI=1S/C21H22O5/c1-11-12(2)21(22)15-9-18(24-4)17(23-3)8-14(15)20(11)13-5-6-16-19(7-13)26-10-25-16/h5-9,11-12,20H,10H2,1-4H3/t11-,12+,20-/m1/s1. The highest BCUT2D eigenvalue weighted by Gasteiger charge is 2.39. The highest BCUT2D eigenvalue weighted by atomic mass is 16.7. The second-order valence-corrected chi connectivity index (χ2v) is 6.90. The van der Waals surface area contributed by atoms with Crippen LogP contribution in [0.15, 0.2) is 30.3 Å². The van der Waals surface area contributed by atoms with Crippen molar-refractivity contribution in [1.82, 2.24) is 0 Å². The predicted molar refractivity (Wildman–Crippen MR) is 96.6 cm³/mol. The summed E-state index contributed by atoms with van der Waals surface area (Å²) in [6.07, 6.45) is 0. The Balaban J connectivity index is 1.90. The maximum Gasteiger partial charge on any atom is 0.231 e. The van der Waals surface area contributed by atoms with Crippen molar-refractivity contribution >= 4 is 5.78 Å². The van der Waals surface area contributed by atoms with Gasteiger partial charge in [0.25, 0.3) is 0 Å². The van der Waals surface area contributed by atoms with Gasteiger partial charge in [0.05, 0.1) is 14.2 Å². The average Bonchev–Trinajstić information content (AvgIpc) is 3.13. The first kappa shape index (κ1) is 16.8. The smallest absolute Gasteiger partial charge is 0.231 e. The van der Waals surface area contributed by atoms with Crippen LogP contribution in [0.4, 0.5) is 0 Å². The summed E-state index contributed by atoms with van der Waals surface area (Å²) < 4.78 is 21.9. The minimum Gasteiger partial charge on any atom is -0.493 e. The van der Waals surface area contributed by atoms with Crippen LogP contribution in [0.25, 0.3) is 0 Å². The highest BCUT2D eigenvalue weighted by molar-refractivity contribution is 6.01. The third kappa shape index (κ3) is 2.42.